The van der Waals surface area contributed by atoms with Crippen LogP contribution in [0, 0.1) is 5.92 Å². The summed E-state index contributed by atoms with van der Waals surface area (Å²) in [6.07, 6.45) is 0.580. The molecule has 7 heteroatoms. The smallest absolute Gasteiger partial charge is 0.337 e. The maximum absolute atomic E-state index is 11.7. The molecule has 1 aliphatic rings. The maximum Gasteiger partial charge on any atom is 0.337 e. The Kier molecular flexibility index (Phi) is 4.62. The van der Waals surface area contributed by atoms with Crippen LogP contribution in [0.15, 0.2) is 24.3 Å². The number of methoxy groups -OCH3 is 1. The fraction of sp³-hybridized carbons (Fsp3) is 0.429. The molecule has 2 rings (SSSR count). The van der Waals surface area contributed by atoms with Crippen molar-refractivity contribution in [1.82, 2.24) is 0 Å². The minimum absolute atomic E-state index is 0.0450. The highest BCUT2D eigenvalue weighted by Crippen LogP contribution is 2.22. The van der Waals surface area contributed by atoms with Gasteiger partial charge in [0.05, 0.1) is 24.2 Å². The van der Waals surface area contributed by atoms with Crippen molar-refractivity contribution in [3.8, 4) is 5.75 Å². The summed E-state index contributed by atoms with van der Waals surface area (Å²) >= 11 is 0. The highest BCUT2D eigenvalue weighted by molar-refractivity contribution is 7.91. The molecule has 0 bridgehead atoms. The summed E-state index contributed by atoms with van der Waals surface area (Å²) in [5, 5.41) is 0. The van der Waals surface area contributed by atoms with Crippen molar-refractivity contribution < 1.29 is 27.5 Å². The largest absolute Gasteiger partial charge is 0.465 e. The number of sulfone groups is 1. The van der Waals surface area contributed by atoms with Crippen molar-refractivity contribution >= 4 is 21.8 Å². The number of hydrogen-bond donors (Lipinski definition) is 0. The molecular weight excluding hydrogens is 296 g/mol. The molecule has 1 fully saturated rings. The van der Waals surface area contributed by atoms with Crippen LogP contribution in [-0.2, 0) is 19.4 Å². The first-order chi connectivity index (χ1) is 9.89. The van der Waals surface area contributed by atoms with E-state index in [9.17, 15) is 18.0 Å². The van der Waals surface area contributed by atoms with Crippen LogP contribution in [0.3, 0.4) is 0 Å². The van der Waals surface area contributed by atoms with Gasteiger partial charge in [0.2, 0.25) is 0 Å². The SMILES string of the molecule is COC(=O)c1ccc(OC(=O)C[C@H]2CCS(=O)(=O)C2)cc1. The Morgan fingerprint density at radius 3 is 2.43 bits per heavy atom. The number of carbonyl (C=O) groups excluding carboxylic acids is 2. The van der Waals surface area contributed by atoms with Gasteiger partial charge in [-0.1, -0.05) is 0 Å². The Morgan fingerprint density at radius 2 is 1.90 bits per heavy atom. The van der Waals surface area contributed by atoms with Gasteiger partial charge in [-0.2, -0.15) is 0 Å². The molecule has 0 spiro atoms. The molecule has 0 amide bonds. The molecule has 114 valence electrons. The van der Waals surface area contributed by atoms with E-state index in [4.69, 9.17) is 4.74 Å². The number of benzene rings is 1. The first kappa shape index (κ1) is 15.5. The summed E-state index contributed by atoms with van der Waals surface area (Å²) in [4.78, 5) is 23.0. The Balaban J connectivity index is 1.90. The van der Waals surface area contributed by atoms with Crippen LogP contribution < -0.4 is 4.74 Å². The predicted molar refractivity (Wildman–Crippen MR) is 74.8 cm³/mol. The molecule has 0 unspecified atom stereocenters. The standard InChI is InChI=1S/C14H16O6S/c1-19-14(16)11-2-4-12(5-3-11)20-13(15)8-10-6-7-21(17,18)9-10/h2-5,10H,6-9H2,1H3/t10-/m1/s1. The molecule has 1 saturated heterocycles. The zero-order valence-electron chi connectivity index (χ0n) is 11.6. The highest BCUT2D eigenvalue weighted by atomic mass is 32.2. The van der Waals surface area contributed by atoms with Crippen molar-refractivity contribution in [3.05, 3.63) is 29.8 Å². The van der Waals surface area contributed by atoms with E-state index in [1.165, 1.54) is 31.4 Å². The van der Waals surface area contributed by atoms with Gasteiger partial charge in [0.25, 0.3) is 0 Å². The van der Waals surface area contributed by atoms with Gasteiger partial charge in [-0.25, -0.2) is 13.2 Å². The molecule has 1 heterocycles. The van der Waals surface area contributed by atoms with Crippen LogP contribution in [-0.4, -0.2) is 39.0 Å². The molecule has 1 aromatic carbocycles. The van der Waals surface area contributed by atoms with Gasteiger partial charge in [0.1, 0.15) is 5.75 Å². The van der Waals surface area contributed by atoms with Gasteiger partial charge in [-0.15, -0.1) is 0 Å². The summed E-state index contributed by atoms with van der Waals surface area (Å²) in [5.74, 6) is -0.611. The first-order valence-electron chi connectivity index (χ1n) is 6.49. The fourth-order valence-corrected chi connectivity index (χ4v) is 4.08. The Bertz CT molecular complexity index is 632. The molecule has 0 saturated carbocycles. The second-order valence-corrected chi connectivity index (χ2v) is 7.19. The van der Waals surface area contributed by atoms with E-state index in [0.29, 0.717) is 17.7 Å². The molecule has 21 heavy (non-hydrogen) atoms. The summed E-state index contributed by atoms with van der Waals surface area (Å²) in [6, 6.07) is 5.98. The van der Waals surface area contributed by atoms with E-state index in [0.717, 1.165) is 0 Å². The zero-order chi connectivity index (χ0) is 15.5. The minimum Gasteiger partial charge on any atom is -0.465 e. The van der Waals surface area contributed by atoms with Gasteiger partial charge in [0.15, 0.2) is 9.84 Å². The molecule has 0 radical (unpaired) electrons. The molecular formula is C14H16O6S. The van der Waals surface area contributed by atoms with Crippen LogP contribution in [0.4, 0.5) is 0 Å². The third kappa shape index (κ3) is 4.29. The molecule has 1 aliphatic heterocycles. The van der Waals surface area contributed by atoms with E-state index in [1.54, 1.807) is 0 Å². The van der Waals surface area contributed by atoms with Crippen molar-refractivity contribution in [2.75, 3.05) is 18.6 Å². The fourth-order valence-electron chi connectivity index (χ4n) is 2.22. The van der Waals surface area contributed by atoms with E-state index >= 15 is 0 Å². The third-order valence-electron chi connectivity index (χ3n) is 3.29. The normalized spacial score (nSPS) is 20.0. The van der Waals surface area contributed by atoms with Crippen LogP contribution in [0.2, 0.25) is 0 Å². The van der Waals surface area contributed by atoms with Gasteiger partial charge >= 0.3 is 11.9 Å². The Hall–Kier alpha value is -1.89. The Labute approximate surface area is 123 Å². The number of esters is 2. The van der Waals surface area contributed by atoms with E-state index < -0.39 is 21.8 Å². The van der Waals surface area contributed by atoms with Crippen LogP contribution in [0.25, 0.3) is 0 Å². The van der Waals surface area contributed by atoms with Gasteiger partial charge in [0, 0.05) is 6.42 Å². The average molecular weight is 312 g/mol. The lowest BCUT2D eigenvalue weighted by atomic mass is 10.1. The van der Waals surface area contributed by atoms with Crippen molar-refractivity contribution in [2.45, 2.75) is 12.8 Å². The highest BCUT2D eigenvalue weighted by Gasteiger charge is 2.29. The summed E-state index contributed by atoms with van der Waals surface area (Å²) in [5.41, 5.74) is 0.360. The van der Waals surface area contributed by atoms with Crippen molar-refractivity contribution in [1.29, 1.82) is 0 Å². The topological polar surface area (TPSA) is 86.7 Å². The summed E-state index contributed by atoms with van der Waals surface area (Å²) in [7, 11) is -1.71. The van der Waals surface area contributed by atoms with Gasteiger partial charge in [-0.3, -0.25) is 4.79 Å². The molecule has 0 aromatic heterocycles. The lowest BCUT2D eigenvalue weighted by Gasteiger charge is -2.08. The quantitative estimate of drug-likeness (QED) is 0.613. The zero-order valence-corrected chi connectivity index (χ0v) is 12.4. The number of rotatable bonds is 4. The molecule has 0 N–H and O–H groups in total. The van der Waals surface area contributed by atoms with Crippen LogP contribution in [0.5, 0.6) is 5.75 Å². The summed E-state index contributed by atoms with van der Waals surface area (Å²) in [6.45, 7) is 0. The Morgan fingerprint density at radius 1 is 1.24 bits per heavy atom. The van der Waals surface area contributed by atoms with E-state index in [-0.39, 0.29) is 23.8 Å². The molecule has 1 aromatic rings. The number of ether oxygens (including phenoxy) is 2. The second-order valence-electron chi connectivity index (χ2n) is 4.96. The third-order valence-corrected chi connectivity index (χ3v) is 5.13. The lowest BCUT2D eigenvalue weighted by Crippen LogP contribution is -2.15. The molecule has 6 nitrogen and oxygen atoms in total. The van der Waals surface area contributed by atoms with E-state index in [1.807, 2.05) is 0 Å². The monoisotopic (exact) mass is 312 g/mol. The minimum atomic E-state index is -2.99. The number of carbonyl (C=O) groups is 2. The van der Waals surface area contributed by atoms with E-state index in [2.05, 4.69) is 4.74 Å². The number of hydrogen-bond acceptors (Lipinski definition) is 6. The predicted octanol–water partition coefficient (Wildman–Crippen LogP) is 1.20. The average Bonchev–Trinajstić information content (AvgIpc) is 2.77. The van der Waals surface area contributed by atoms with Crippen molar-refractivity contribution in [2.24, 2.45) is 5.92 Å². The maximum atomic E-state index is 11.7. The van der Waals surface area contributed by atoms with Crippen LogP contribution in [0.1, 0.15) is 23.2 Å². The summed E-state index contributed by atoms with van der Waals surface area (Å²) < 4.78 is 32.3. The second kappa shape index (κ2) is 6.26. The molecule has 0 aliphatic carbocycles. The lowest BCUT2D eigenvalue weighted by molar-refractivity contribution is -0.135. The van der Waals surface area contributed by atoms with Crippen molar-refractivity contribution in [3.63, 3.8) is 0 Å². The van der Waals surface area contributed by atoms with Gasteiger partial charge < -0.3 is 9.47 Å². The van der Waals surface area contributed by atoms with Gasteiger partial charge in [-0.05, 0) is 36.6 Å². The van der Waals surface area contributed by atoms with Crippen LogP contribution >= 0.6 is 0 Å². The molecule has 1 atom stereocenters. The first-order valence-corrected chi connectivity index (χ1v) is 8.31.